The summed E-state index contributed by atoms with van der Waals surface area (Å²) < 4.78 is 16.6. The van der Waals surface area contributed by atoms with E-state index in [0.717, 1.165) is 5.56 Å². The van der Waals surface area contributed by atoms with E-state index in [4.69, 9.17) is 13.9 Å². The van der Waals surface area contributed by atoms with Gasteiger partial charge in [0.25, 0.3) is 0 Å². The Balaban J connectivity index is 1.77. The van der Waals surface area contributed by atoms with E-state index in [2.05, 4.69) is 10.3 Å². The number of amides is 1. The molecule has 0 saturated carbocycles. The number of aryl methyl sites for hydroxylation is 1. The lowest BCUT2D eigenvalue weighted by Crippen LogP contribution is -2.16. The van der Waals surface area contributed by atoms with Gasteiger partial charge in [-0.15, -0.1) is 0 Å². The smallest absolute Gasteiger partial charge is 0.230 e. The molecule has 6 nitrogen and oxygen atoms in total. The number of oxazole rings is 1. The van der Waals surface area contributed by atoms with E-state index in [1.807, 2.05) is 49.4 Å². The minimum absolute atomic E-state index is 0.102. The minimum Gasteiger partial charge on any atom is -0.496 e. The van der Waals surface area contributed by atoms with Gasteiger partial charge in [-0.1, -0.05) is 24.3 Å². The Bertz CT molecular complexity index is 933. The second-order valence-electron chi connectivity index (χ2n) is 5.88. The summed E-state index contributed by atoms with van der Waals surface area (Å²) in [5.74, 6) is 2.15. The van der Waals surface area contributed by atoms with Crippen molar-refractivity contribution in [2.75, 3.05) is 19.0 Å². The largest absolute Gasteiger partial charge is 0.496 e. The molecule has 1 aromatic heterocycles. The number of ether oxygens (including phenoxy) is 2. The molecule has 2 aromatic carbocycles. The van der Waals surface area contributed by atoms with Crippen LogP contribution in [0.5, 0.6) is 11.5 Å². The van der Waals surface area contributed by atoms with Crippen LogP contribution in [-0.2, 0) is 11.2 Å². The number of rotatable bonds is 7. The number of hydrogen-bond donors (Lipinski definition) is 1. The van der Waals surface area contributed by atoms with Crippen LogP contribution in [0.1, 0.15) is 18.4 Å². The van der Waals surface area contributed by atoms with Crippen LogP contribution in [0.15, 0.2) is 52.9 Å². The van der Waals surface area contributed by atoms with Crippen molar-refractivity contribution in [3.05, 3.63) is 60.0 Å². The van der Waals surface area contributed by atoms with Gasteiger partial charge < -0.3 is 19.2 Å². The molecule has 0 aliphatic heterocycles. The fourth-order valence-electron chi connectivity index (χ4n) is 2.73. The quantitative estimate of drug-likeness (QED) is 0.677. The summed E-state index contributed by atoms with van der Waals surface area (Å²) in [4.78, 5) is 17.0. The lowest BCUT2D eigenvalue weighted by atomic mass is 10.2. The molecule has 1 N–H and O–H groups in total. The van der Waals surface area contributed by atoms with E-state index in [9.17, 15) is 4.79 Å². The summed E-state index contributed by atoms with van der Waals surface area (Å²) in [7, 11) is 1.60. The van der Waals surface area contributed by atoms with E-state index in [1.54, 1.807) is 20.1 Å². The summed E-state index contributed by atoms with van der Waals surface area (Å²) in [6.07, 6.45) is 0.102. The van der Waals surface area contributed by atoms with E-state index in [1.165, 1.54) is 0 Å². The first-order chi connectivity index (χ1) is 13.1. The van der Waals surface area contributed by atoms with Crippen LogP contribution in [0.25, 0.3) is 11.5 Å². The zero-order chi connectivity index (χ0) is 19.2. The van der Waals surface area contributed by atoms with Crippen molar-refractivity contribution >= 4 is 11.6 Å². The Morgan fingerprint density at radius 1 is 1.11 bits per heavy atom. The molecule has 0 aliphatic rings. The second-order valence-corrected chi connectivity index (χ2v) is 5.88. The number of nitrogens with one attached hydrogen (secondary N) is 1. The van der Waals surface area contributed by atoms with Crippen molar-refractivity contribution in [1.82, 2.24) is 4.98 Å². The van der Waals surface area contributed by atoms with Crippen molar-refractivity contribution in [2.24, 2.45) is 0 Å². The molecule has 0 saturated heterocycles. The predicted molar refractivity (Wildman–Crippen MR) is 103 cm³/mol. The van der Waals surface area contributed by atoms with Crippen molar-refractivity contribution in [1.29, 1.82) is 0 Å². The van der Waals surface area contributed by atoms with Crippen molar-refractivity contribution < 1.29 is 18.7 Å². The Hall–Kier alpha value is -3.28. The topological polar surface area (TPSA) is 73.6 Å². The number of anilines is 1. The number of hydrogen-bond acceptors (Lipinski definition) is 5. The third-order valence-electron chi connectivity index (χ3n) is 4.02. The number of aromatic nitrogens is 1. The van der Waals surface area contributed by atoms with Crippen molar-refractivity contribution in [3.63, 3.8) is 0 Å². The maximum absolute atomic E-state index is 12.5. The Morgan fingerprint density at radius 3 is 2.56 bits per heavy atom. The van der Waals surface area contributed by atoms with E-state index >= 15 is 0 Å². The molecule has 0 unspecified atom stereocenters. The zero-order valence-corrected chi connectivity index (χ0v) is 15.6. The van der Waals surface area contributed by atoms with Gasteiger partial charge in [-0.25, -0.2) is 4.98 Å². The molecular weight excluding hydrogens is 344 g/mol. The Kier molecular flexibility index (Phi) is 5.76. The molecule has 3 rings (SSSR count). The highest BCUT2D eigenvalue weighted by Gasteiger charge is 2.17. The minimum atomic E-state index is -0.190. The van der Waals surface area contributed by atoms with Gasteiger partial charge in [0.1, 0.15) is 17.3 Å². The first kappa shape index (κ1) is 18.5. The fraction of sp³-hybridized carbons (Fsp3) is 0.238. The maximum atomic E-state index is 12.5. The monoisotopic (exact) mass is 366 g/mol. The molecule has 1 amide bonds. The third kappa shape index (κ3) is 4.28. The third-order valence-corrected chi connectivity index (χ3v) is 4.02. The maximum Gasteiger partial charge on any atom is 0.230 e. The van der Waals surface area contributed by atoms with Gasteiger partial charge in [0, 0.05) is 0 Å². The highest BCUT2D eigenvalue weighted by Crippen LogP contribution is 2.30. The zero-order valence-electron chi connectivity index (χ0n) is 15.6. The van der Waals surface area contributed by atoms with E-state index in [-0.39, 0.29) is 12.3 Å². The average Bonchev–Trinajstić information content (AvgIpc) is 3.03. The Labute approximate surface area is 158 Å². The number of carbonyl (C=O) groups excluding carboxylic acids is 1. The first-order valence-corrected chi connectivity index (χ1v) is 8.73. The summed E-state index contributed by atoms with van der Waals surface area (Å²) >= 11 is 0. The van der Waals surface area contributed by atoms with Crippen LogP contribution in [0, 0.1) is 6.92 Å². The van der Waals surface area contributed by atoms with Crippen molar-refractivity contribution in [3.8, 4) is 23.0 Å². The number of methoxy groups -OCH3 is 1. The Morgan fingerprint density at radius 2 is 1.81 bits per heavy atom. The molecule has 0 fully saturated rings. The van der Waals surface area contributed by atoms with Crippen LogP contribution in [0.3, 0.4) is 0 Å². The number of carbonyl (C=O) groups is 1. The molecule has 3 aromatic rings. The van der Waals surface area contributed by atoms with Crippen LogP contribution < -0.4 is 14.8 Å². The van der Waals surface area contributed by atoms with Gasteiger partial charge in [0.15, 0.2) is 0 Å². The molecule has 27 heavy (non-hydrogen) atoms. The normalized spacial score (nSPS) is 10.5. The summed E-state index contributed by atoms with van der Waals surface area (Å²) in [5.41, 5.74) is 1.97. The fourth-order valence-corrected chi connectivity index (χ4v) is 2.73. The SMILES string of the molecule is CCOc1ccccc1NC(=O)Cc1nc(-c2ccccc2OC)oc1C. The number of benzene rings is 2. The first-order valence-electron chi connectivity index (χ1n) is 8.73. The molecule has 0 radical (unpaired) electrons. The highest BCUT2D eigenvalue weighted by molar-refractivity contribution is 5.93. The predicted octanol–water partition coefficient (Wildman–Crippen LogP) is 4.24. The van der Waals surface area contributed by atoms with Gasteiger partial charge in [0.2, 0.25) is 11.8 Å². The van der Waals surface area contributed by atoms with Crippen LogP contribution >= 0.6 is 0 Å². The van der Waals surface area contributed by atoms with Gasteiger partial charge in [0.05, 0.1) is 37.1 Å². The van der Waals surface area contributed by atoms with E-state index < -0.39 is 0 Å². The van der Waals surface area contributed by atoms with Crippen molar-refractivity contribution in [2.45, 2.75) is 20.3 Å². The van der Waals surface area contributed by atoms with Gasteiger partial charge in [-0.3, -0.25) is 4.79 Å². The summed E-state index contributed by atoms with van der Waals surface area (Å²) in [6.45, 7) is 4.22. The molecule has 6 heteroatoms. The van der Waals surface area contributed by atoms with Crippen LogP contribution in [0.2, 0.25) is 0 Å². The molecule has 0 spiro atoms. The molecular formula is C21H22N2O4. The highest BCUT2D eigenvalue weighted by atomic mass is 16.5. The van der Waals surface area contributed by atoms with Crippen LogP contribution in [0.4, 0.5) is 5.69 Å². The lowest BCUT2D eigenvalue weighted by molar-refractivity contribution is -0.115. The molecule has 0 aliphatic carbocycles. The summed E-state index contributed by atoms with van der Waals surface area (Å²) in [5, 5.41) is 2.87. The molecule has 0 bridgehead atoms. The standard InChI is InChI=1S/C21H22N2O4/c1-4-26-19-12-8-6-10-16(19)22-20(24)13-17-14(2)27-21(23-17)15-9-5-7-11-18(15)25-3/h5-12H,4,13H2,1-3H3,(H,22,24). The number of para-hydroxylation sites is 3. The molecule has 0 atom stereocenters. The van der Waals surface area contributed by atoms with Gasteiger partial charge in [-0.2, -0.15) is 0 Å². The summed E-state index contributed by atoms with van der Waals surface area (Å²) in [6, 6.07) is 14.8. The van der Waals surface area contributed by atoms with E-state index in [0.29, 0.717) is 41.1 Å². The van der Waals surface area contributed by atoms with Gasteiger partial charge >= 0.3 is 0 Å². The number of nitrogens with zero attached hydrogens (tertiary/aromatic N) is 1. The van der Waals surface area contributed by atoms with Gasteiger partial charge in [-0.05, 0) is 38.1 Å². The van der Waals surface area contributed by atoms with Crippen LogP contribution in [-0.4, -0.2) is 24.6 Å². The lowest BCUT2D eigenvalue weighted by Gasteiger charge is -2.10. The average molecular weight is 366 g/mol. The second kappa shape index (κ2) is 8.40. The molecule has 140 valence electrons. The molecule has 1 heterocycles.